The highest BCUT2D eigenvalue weighted by atomic mass is 127. The van der Waals surface area contributed by atoms with E-state index in [-0.39, 0.29) is 0 Å². The van der Waals surface area contributed by atoms with Crippen molar-refractivity contribution in [1.82, 2.24) is 4.57 Å². The van der Waals surface area contributed by atoms with Gasteiger partial charge in [0.2, 0.25) is 0 Å². The molecule has 0 saturated heterocycles. The summed E-state index contributed by atoms with van der Waals surface area (Å²) in [6.45, 7) is 2.77. The molecule has 16 heavy (non-hydrogen) atoms. The number of nitrogens with zero attached hydrogens (tertiary/aromatic N) is 1. The maximum atomic E-state index is 10.9. The van der Waals surface area contributed by atoms with Gasteiger partial charge in [-0.05, 0) is 59.3 Å². The van der Waals surface area contributed by atoms with Crippen LogP contribution in [0.1, 0.15) is 21.7 Å². The Balaban J connectivity index is 2.29. The van der Waals surface area contributed by atoms with Crippen LogP contribution >= 0.6 is 22.6 Å². The van der Waals surface area contributed by atoms with Crippen molar-refractivity contribution in [3.63, 3.8) is 0 Å². The quantitative estimate of drug-likeness (QED) is 0.627. The van der Waals surface area contributed by atoms with Crippen molar-refractivity contribution < 1.29 is 4.79 Å². The van der Waals surface area contributed by atoms with Crippen molar-refractivity contribution in [2.24, 2.45) is 0 Å². The summed E-state index contributed by atoms with van der Waals surface area (Å²) in [6.07, 6.45) is 0.902. The molecule has 0 radical (unpaired) electrons. The number of halogens is 1. The minimum atomic E-state index is 0.732. The van der Waals surface area contributed by atoms with Crippen molar-refractivity contribution in [1.29, 1.82) is 0 Å². The van der Waals surface area contributed by atoms with Gasteiger partial charge in [0.25, 0.3) is 0 Å². The molecule has 0 unspecified atom stereocenters. The van der Waals surface area contributed by atoms with Crippen LogP contribution in [0.5, 0.6) is 0 Å². The van der Waals surface area contributed by atoms with Gasteiger partial charge in [0.05, 0.1) is 5.69 Å². The van der Waals surface area contributed by atoms with Gasteiger partial charge >= 0.3 is 0 Å². The van der Waals surface area contributed by atoms with E-state index in [1.54, 1.807) is 0 Å². The number of hydrogen-bond donors (Lipinski definition) is 0. The number of aryl methyl sites for hydroxylation is 1. The molecule has 0 amide bonds. The monoisotopic (exact) mass is 325 g/mol. The van der Waals surface area contributed by atoms with E-state index in [0.717, 1.165) is 24.2 Å². The average molecular weight is 325 g/mol. The molecule has 0 saturated carbocycles. The fraction of sp³-hybridized carbons (Fsp3) is 0.154. The number of hydrogen-bond acceptors (Lipinski definition) is 1. The lowest BCUT2D eigenvalue weighted by atomic mass is 10.2. The maximum absolute atomic E-state index is 10.9. The number of rotatable bonds is 3. The number of aromatic nitrogens is 1. The number of benzene rings is 1. The molecule has 82 valence electrons. The Morgan fingerprint density at radius 2 is 1.88 bits per heavy atom. The van der Waals surface area contributed by atoms with Crippen molar-refractivity contribution in [3.8, 4) is 0 Å². The molecule has 2 rings (SSSR count). The highest BCUT2D eigenvalue weighted by Gasteiger charge is 2.04. The molecule has 2 aromatic rings. The van der Waals surface area contributed by atoms with Gasteiger partial charge in [-0.15, -0.1) is 0 Å². The fourth-order valence-corrected chi connectivity index (χ4v) is 2.04. The van der Waals surface area contributed by atoms with Crippen LogP contribution in [0.2, 0.25) is 0 Å². The third-order valence-electron chi connectivity index (χ3n) is 2.61. The van der Waals surface area contributed by atoms with Gasteiger partial charge in [0.15, 0.2) is 6.29 Å². The zero-order valence-electron chi connectivity index (χ0n) is 8.98. The summed E-state index contributed by atoms with van der Waals surface area (Å²) in [5.74, 6) is 0. The van der Waals surface area contributed by atoms with E-state index in [1.165, 1.54) is 9.13 Å². The van der Waals surface area contributed by atoms with Gasteiger partial charge in [-0.1, -0.05) is 12.1 Å². The number of aldehydes is 1. The molecule has 1 aromatic heterocycles. The lowest BCUT2D eigenvalue weighted by Crippen LogP contribution is -2.05. The molecular weight excluding hydrogens is 313 g/mol. The second-order valence-electron chi connectivity index (χ2n) is 3.73. The van der Waals surface area contributed by atoms with Gasteiger partial charge in [-0.2, -0.15) is 0 Å². The molecule has 0 aliphatic carbocycles. The van der Waals surface area contributed by atoms with E-state index >= 15 is 0 Å². The summed E-state index contributed by atoms with van der Waals surface area (Å²) in [5.41, 5.74) is 3.06. The minimum absolute atomic E-state index is 0.732. The number of carbonyl (C=O) groups is 1. The van der Waals surface area contributed by atoms with Gasteiger partial charge in [-0.3, -0.25) is 4.79 Å². The molecule has 0 fully saturated rings. The normalized spacial score (nSPS) is 10.4. The van der Waals surface area contributed by atoms with Crippen LogP contribution in [-0.4, -0.2) is 10.9 Å². The fourth-order valence-electron chi connectivity index (χ4n) is 1.68. The summed E-state index contributed by atoms with van der Waals surface area (Å²) in [7, 11) is 0. The lowest BCUT2D eigenvalue weighted by molar-refractivity contribution is 0.111. The Morgan fingerprint density at radius 3 is 2.50 bits per heavy atom. The van der Waals surface area contributed by atoms with E-state index in [2.05, 4.69) is 46.9 Å². The van der Waals surface area contributed by atoms with Crippen LogP contribution in [0.3, 0.4) is 0 Å². The Morgan fingerprint density at radius 1 is 1.19 bits per heavy atom. The average Bonchev–Trinajstić information content (AvgIpc) is 2.63. The summed E-state index contributed by atoms with van der Waals surface area (Å²) in [6, 6.07) is 12.2. The molecule has 0 N–H and O–H groups in total. The molecule has 0 atom stereocenters. The topological polar surface area (TPSA) is 22.0 Å². The molecule has 1 heterocycles. The van der Waals surface area contributed by atoms with E-state index < -0.39 is 0 Å². The third-order valence-corrected chi connectivity index (χ3v) is 3.33. The van der Waals surface area contributed by atoms with Crippen LogP contribution in [-0.2, 0) is 6.54 Å². The van der Waals surface area contributed by atoms with Crippen LogP contribution < -0.4 is 0 Å². The summed E-state index contributed by atoms with van der Waals surface area (Å²) in [4.78, 5) is 10.9. The minimum Gasteiger partial charge on any atom is -0.338 e. The molecule has 0 aliphatic heterocycles. The summed E-state index contributed by atoms with van der Waals surface area (Å²) >= 11 is 2.28. The summed E-state index contributed by atoms with van der Waals surface area (Å²) in [5, 5.41) is 0. The molecule has 3 heteroatoms. The third kappa shape index (κ3) is 2.35. The Labute approximate surface area is 108 Å². The van der Waals surface area contributed by atoms with Gasteiger partial charge in [-0.25, -0.2) is 0 Å². The molecule has 0 aliphatic rings. The molecule has 0 spiro atoms. The Bertz CT molecular complexity index is 499. The summed E-state index contributed by atoms with van der Waals surface area (Å²) < 4.78 is 3.25. The Kier molecular flexibility index (Phi) is 3.43. The van der Waals surface area contributed by atoms with E-state index in [4.69, 9.17) is 0 Å². The standard InChI is InChI=1S/C13H12INO/c1-10-2-7-13(9-16)15(10)8-11-3-5-12(14)6-4-11/h2-7,9H,8H2,1H3. The Hall–Kier alpha value is -1.10. The zero-order valence-corrected chi connectivity index (χ0v) is 11.1. The lowest BCUT2D eigenvalue weighted by Gasteiger charge is -2.08. The first-order valence-electron chi connectivity index (χ1n) is 5.06. The van der Waals surface area contributed by atoms with Crippen LogP contribution in [0, 0.1) is 10.5 Å². The highest BCUT2D eigenvalue weighted by Crippen LogP contribution is 2.12. The van der Waals surface area contributed by atoms with Crippen molar-refractivity contribution in [2.75, 3.05) is 0 Å². The molecule has 0 bridgehead atoms. The second-order valence-corrected chi connectivity index (χ2v) is 4.98. The van der Waals surface area contributed by atoms with E-state index in [1.807, 2.05) is 23.6 Å². The van der Waals surface area contributed by atoms with Crippen LogP contribution in [0.4, 0.5) is 0 Å². The SMILES string of the molecule is Cc1ccc(C=O)n1Cc1ccc(I)cc1. The predicted octanol–water partition coefficient (Wildman–Crippen LogP) is 3.26. The van der Waals surface area contributed by atoms with Crippen molar-refractivity contribution >= 4 is 28.9 Å². The van der Waals surface area contributed by atoms with Crippen molar-refractivity contribution in [3.05, 3.63) is 56.9 Å². The smallest absolute Gasteiger partial charge is 0.166 e. The van der Waals surface area contributed by atoms with Crippen molar-refractivity contribution in [2.45, 2.75) is 13.5 Å². The van der Waals surface area contributed by atoms with Crippen LogP contribution in [0.15, 0.2) is 36.4 Å². The van der Waals surface area contributed by atoms with Gasteiger partial charge in [0, 0.05) is 15.8 Å². The predicted molar refractivity (Wildman–Crippen MR) is 72.8 cm³/mol. The highest BCUT2D eigenvalue weighted by molar-refractivity contribution is 14.1. The second kappa shape index (κ2) is 4.82. The first kappa shape index (κ1) is 11.4. The first-order valence-corrected chi connectivity index (χ1v) is 6.14. The largest absolute Gasteiger partial charge is 0.338 e. The first-order chi connectivity index (χ1) is 7.70. The number of carbonyl (C=O) groups excluding carboxylic acids is 1. The van der Waals surface area contributed by atoms with Crippen LogP contribution in [0.25, 0.3) is 0 Å². The molecular formula is C13H12INO. The molecule has 2 nitrogen and oxygen atoms in total. The van der Waals surface area contributed by atoms with E-state index in [0.29, 0.717) is 0 Å². The van der Waals surface area contributed by atoms with Gasteiger partial charge in [0.1, 0.15) is 0 Å². The molecule has 1 aromatic carbocycles. The zero-order chi connectivity index (χ0) is 11.5. The van der Waals surface area contributed by atoms with E-state index in [9.17, 15) is 4.79 Å². The van der Waals surface area contributed by atoms with Gasteiger partial charge < -0.3 is 4.57 Å². The maximum Gasteiger partial charge on any atom is 0.166 e.